The number of benzene rings is 1. The highest BCUT2D eigenvalue weighted by Crippen LogP contribution is 2.40. The van der Waals surface area contributed by atoms with Crippen LogP contribution in [-0.2, 0) is 6.42 Å². The summed E-state index contributed by atoms with van der Waals surface area (Å²) in [5, 5.41) is 10.1. The van der Waals surface area contributed by atoms with E-state index in [2.05, 4.69) is 9.88 Å². The molecule has 2 heterocycles. The number of aromatic nitrogens is 1. The van der Waals surface area contributed by atoms with E-state index in [0.29, 0.717) is 35.2 Å². The van der Waals surface area contributed by atoms with Crippen LogP contribution in [0.25, 0.3) is 10.6 Å². The van der Waals surface area contributed by atoms with E-state index in [1.165, 1.54) is 30.6 Å². The number of para-hydroxylation sites is 1. The van der Waals surface area contributed by atoms with Crippen LogP contribution in [0.15, 0.2) is 18.2 Å². The number of hydrogen-bond acceptors (Lipinski definition) is 6. The lowest BCUT2D eigenvalue weighted by Crippen LogP contribution is -2.33. The van der Waals surface area contributed by atoms with E-state index in [9.17, 15) is 9.90 Å². The van der Waals surface area contributed by atoms with Crippen LogP contribution in [0.4, 0.5) is 0 Å². The predicted octanol–water partition coefficient (Wildman–Crippen LogP) is 3.94. The number of nitrogens with zero attached hydrogens (tertiary/aromatic N) is 2. The fourth-order valence-corrected chi connectivity index (χ4v) is 4.34. The van der Waals surface area contributed by atoms with Crippen molar-refractivity contribution in [2.45, 2.75) is 32.6 Å². The van der Waals surface area contributed by atoms with Gasteiger partial charge in [-0.3, -0.25) is 4.90 Å². The fraction of sp³-hybridized carbons (Fsp3) is 0.500. The lowest BCUT2D eigenvalue weighted by molar-refractivity contribution is 0.0701. The maximum atomic E-state index is 11.5. The second-order valence-electron chi connectivity index (χ2n) is 6.54. The maximum absolute atomic E-state index is 11.5. The summed E-state index contributed by atoms with van der Waals surface area (Å²) >= 11 is 1.18. The number of rotatable bonds is 8. The summed E-state index contributed by atoms with van der Waals surface area (Å²) < 4.78 is 11.6. The smallest absolute Gasteiger partial charge is 0.347 e. The Morgan fingerprint density at radius 3 is 2.70 bits per heavy atom. The number of carboxylic acids is 1. The Balaban J connectivity index is 1.84. The minimum absolute atomic E-state index is 0.287. The Morgan fingerprint density at radius 1 is 1.30 bits per heavy atom. The van der Waals surface area contributed by atoms with E-state index in [0.717, 1.165) is 25.2 Å². The molecular formula is C20H26N2O4S. The summed E-state index contributed by atoms with van der Waals surface area (Å²) in [6.07, 6.45) is 4.38. The molecule has 0 bridgehead atoms. The first-order chi connectivity index (χ1) is 13.1. The van der Waals surface area contributed by atoms with Crippen molar-refractivity contribution in [1.82, 2.24) is 9.88 Å². The van der Waals surface area contributed by atoms with E-state index >= 15 is 0 Å². The third-order valence-electron chi connectivity index (χ3n) is 4.76. The monoisotopic (exact) mass is 390 g/mol. The molecule has 1 saturated heterocycles. The maximum Gasteiger partial charge on any atom is 0.347 e. The highest BCUT2D eigenvalue weighted by Gasteiger charge is 2.21. The van der Waals surface area contributed by atoms with E-state index in [1.54, 1.807) is 7.11 Å². The lowest BCUT2D eigenvalue weighted by atomic mass is 10.1. The van der Waals surface area contributed by atoms with Gasteiger partial charge in [0.25, 0.3) is 0 Å². The Labute approximate surface area is 163 Å². The van der Waals surface area contributed by atoms with E-state index in [1.807, 2.05) is 25.1 Å². The molecule has 2 aromatic rings. The van der Waals surface area contributed by atoms with Gasteiger partial charge in [-0.2, -0.15) is 0 Å². The van der Waals surface area contributed by atoms with Crippen molar-refractivity contribution < 1.29 is 19.4 Å². The number of ether oxygens (including phenoxy) is 2. The van der Waals surface area contributed by atoms with Crippen molar-refractivity contribution in [3.8, 4) is 22.1 Å². The van der Waals surface area contributed by atoms with Crippen molar-refractivity contribution in [3.63, 3.8) is 0 Å². The highest BCUT2D eigenvalue weighted by molar-refractivity contribution is 7.17. The molecule has 3 rings (SSSR count). The van der Waals surface area contributed by atoms with Gasteiger partial charge in [0.2, 0.25) is 0 Å². The molecule has 0 spiro atoms. The summed E-state index contributed by atoms with van der Waals surface area (Å²) in [7, 11) is 1.61. The van der Waals surface area contributed by atoms with Crippen molar-refractivity contribution in [3.05, 3.63) is 28.8 Å². The number of aromatic carboxylic acids is 1. The molecule has 7 heteroatoms. The molecule has 1 aliphatic rings. The Morgan fingerprint density at radius 2 is 2.07 bits per heavy atom. The molecule has 1 aliphatic heterocycles. The zero-order chi connectivity index (χ0) is 19.2. The molecule has 0 radical (unpaired) electrons. The number of carbonyl (C=O) groups is 1. The van der Waals surface area contributed by atoms with Gasteiger partial charge in [0.05, 0.1) is 18.4 Å². The molecule has 1 N–H and O–H groups in total. The number of likely N-dealkylation sites (tertiary alicyclic amines) is 1. The number of carboxylic acid groups (broad SMARTS) is 1. The normalized spacial score (nSPS) is 14.9. The third-order valence-corrected chi connectivity index (χ3v) is 5.88. The number of thiazole rings is 1. The molecular weight excluding hydrogens is 364 g/mol. The summed E-state index contributed by atoms with van der Waals surface area (Å²) in [5.41, 5.74) is 1.38. The lowest BCUT2D eigenvalue weighted by Gasteiger charge is -2.26. The molecule has 0 aliphatic carbocycles. The first kappa shape index (κ1) is 19.6. The summed E-state index contributed by atoms with van der Waals surface area (Å²) in [6, 6.07) is 5.63. The Hall–Kier alpha value is -2.12. The minimum Gasteiger partial charge on any atom is -0.493 e. The van der Waals surface area contributed by atoms with Gasteiger partial charge in [0.1, 0.15) is 16.5 Å². The van der Waals surface area contributed by atoms with Crippen LogP contribution in [0.5, 0.6) is 11.5 Å². The molecule has 1 fully saturated rings. The van der Waals surface area contributed by atoms with Crippen LogP contribution in [0, 0.1) is 0 Å². The summed E-state index contributed by atoms with van der Waals surface area (Å²) in [4.78, 5) is 18.7. The molecule has 146 valence electrons. The van der Waals surface area contributed by atoms with Gasteiger partial charge in [0, 0.05) is 6.54 Å². The van der Waals surface area contributed by atoms with Gasteiger partial charge in [-0.05, 0) is 44.5 Å². The van der Waals surface area contributed by atoms with Gasteiger partial charge in [-0.15, -0.1) is 11.3 Å². The Bertz CT molecular complexity index is 784. The molecule has 0 saturated carbocycles. The van der Waals surface area contributed by atoms with Crippen molar-refractivity contribution in [2.24, 2.45) is 0 Å². The average Bonchev–Trinajstić information content (AvgIpc) is 3.13. The Kier molecular flexibility index (Phi) is 6.68. The van der Waals surface area contributed by atoms with Crippen LogP contribution in [0.1, 0.15) is 41.6 Å². The minimum atomic E-state index is -0.939. The van der Waals surface area contributed by atoms with Crippen molar-refractivity contribution >= 4 is 17.3 Å². The molecule has 0 atom stereocenters. The van der Waals surface area contributed by atoms with Crippen LogP contribution in [-0.4, -0.2) is 54.3 Å². The second-order valence-corrected chi connectivity index (χ2v) is 7.54. The second kappa shape index (κ2) is 9.19. The fourth-order valence-electron chi connectivity index (χ4n) is 3.33. The number of aryl methyl sites for hydroxylation is 1. The largest absolute Gasteiger partial charge is 0.493 e. The molecule has 27 heavy (non-hydrogen) atoms. The van der Waals surface area contributed by atoms with Crippen molar-refractivity contribution in [2.75, 3.05) is 33.4 Å². The molecule has 0 amide bonds. The zero-order valence-corrected chi connectivity index (χ0v) is 16.7. The quantitative estimate of drug-likeness (QED) is 0.736. The van der Waals surface area contributed by atoms with Gasteiger partial charge in [-0.25, -0.2) is 9.78 Å². The van der Waals surface area contributed by atoms with E-state index in [4.69, 9.17) is 9.47 Å². The number of piperidine rings is 1. The van der Waals surface area contributed by atoms with Crippen LogP contribution < -0.4 is 9.47 Å². The van der Waals surface area contributed by atoms with Gasteiger partial charge < -0.3 is 14.6 Å². The zero-order valence-electron chi connectivity index (χ0n) is 15.9. The molecule has 0 unspecified atom stereocenters. The number of methoxy groups -OCH3 is 1. The SMILES string of the molecule is CCc1nc(-c2cccc(OC)c2OCCN2CCCCC2)sc1C(=O)O. The summed E-state index contributed by atoms with van der Waals surface area (Å²) in [6.45, 7) is 5.58. The molecule has 1 aromatic carbocycles. The average molecular weight is 391 g/mol. The topological polar surface area (TPSA) is 71.9 Å². The van der Waals surface area contributed by atoms with Gasteiger partial charge in [-0.1, -0.05) is 19.4 Å². The first-order valence-electron chi connectivity index (χ1n) is 9.39. The van der Waals surface area contributed by atoms with Gasteiger partial charge >= 0.3 is 5.97 Å². The van der Waals surface area contributed by atoms with Gasteiger partial charge in [0.15, 0.2) is 11.5 Å². The van der Waals surface area contributed by atoms with Crippen LogP contribution in [0.3, 0.4) is 0 Å². The van der Waals surface area contributed by atoms with E-state index < -0.39 is 5.97 Å². The first-order valence-corrected chi connectivity index (χ1v) is 10.2. The highest BCUT2D eigenvalue weighted by atomic mass is 32.1. The molecule has 6 nitrogen and oxygen atoms in total. The standard InChI is InChI=1S/C20H26N2O4S/c1-3-15-18(20(23)24)27-19(21-15)14-8-7-9-16(25-2)17(14)26-13-12-22-10-5-4-6-11-22/h7-9H,3-6,10-13H2,1-2H3,(H,23,24). The van der Waals surface area contributed by atoms with Crippen LogP contribution >= 0.6 is 11.3 Å². The van der Waals surface area contributed by atoms with Crippen molar-refractivity contribution in [1.29, 1.82) is 0 Å². The third kappa shape index (κ3) is 4.59. The summed E-state index contributed by atoms with van der Waals surface area (Å²) in [5.74, 6) is 0.327. The van der Waals surface area contributed by atoms with E-state index in [-0.39, 0.29) is 4.88 Å². The molecule has 1 aromatic heterocycles. The van der Waals surface area contributed by atoms with Crippen LogP contribution in [0.2, 0.25) is 0 Å². The predicted molar refractivity (Wildman–Crippen MR) is 106 cm³/mol. The number of hydrogen-bond donors (Lipinski definition) is 1.